The van der Waals surface area contributed by atoms with Gasteiger partial charge in [0, 0.05) is 17.7 Å². The number of esters is 1. The molecule has 0 aliphatic carbocycles. The highest BCUT2D eigenvalue weighted by Gasteiger charge is 2.44. The molecule has 1 aromatic carbocycles. The third-order valence-corrected chi connectivity index (χ3v) is 8.12. The molecule has 36 heavy (non-hydrogen) atoms. The molecule has 1 unspecified atom stereocenters. The first-order valence-electron chi connectivity index (χ1n) is 11.7. The van der Waals surface area contributed by atoms with Gasteiger partial charge in [0.2, 0.25) is 0 Å². The van der Waals surface area contributed by atoms with Gasteiger partial charge in [0.15, 0.2) is 4.77 Å². The number of aromatic nitrogens is 2. The number of para-hydroxylation sites is 1. The molecule has 12 heteroatoms. The Balaban J connectivity index is 1.77. The topological polar surface area (TPSA) is 129 Å². The standard InChI is InChI=1S/C24H33N2O8PS/c1-14(2)32-23(29)16(4)13-35(30,34-18-9-7-6-8-10-18)31-12-19-20(27)17(5)22(33-19)26-11-15(3)21(28)25-24(26)36/h6-11,14,16-17,19-20,22,27H,12-13H2,1-5H3,(H,25,28,36)/t16-,17-,19+,20?,22+,35-/m1/s1. The van der Waals surface area contributed by atoms with Crippen LogP contribution < -0.4 is 10.1 Å². The summed E-state index contributed by atoms with van der Waals surface area (Å²) >= 11 is 5.27. The number of aryl methyl sites for hydroxylation is 1. The maximum atomic E-state index is 13.8. The fourth-order valence-corrected chi connectivity index (χ4v) is 5.95. The average molecular weight is 541 g/mol. The van der Waals surface area contributed by atoms with Crippen molar-refractivity contribution >= 4 is 25.8 Å². The van der Waals surface area contributed by atoms with E-state index < -0.39 is 43.8 Å². The molecular formula is C24H33N2O8PS. The maximum absolute atomic E-state index is 13.8. The molecule has 3 rings (SSSR count). The van der Waals surface area contributed by atoms with Crippen LogP contribution in [0.3, 0.4) is 0 Å². The molecule has 6 atom stereocenters. The highest BCUT2D eigenvalue weighted by atomic mass is 32.1. The second kappa shape index (κ2) is 11.8. The zero-order valence-corrected chi connectivity index (χ0v) is 22.7. The predicted molar refractivity (Wildman–Crippen MR) is 136 cm³/mol. The molecule has 10 nitrogen and oxygen atoms in total. The molecule has 0 spiro atoms. The fourth-order valence-electron chi connectivity index (χ4n) is 3.83. The van der Waals surface area contributed by atoms with Gasteiger partial charge in [0.05, 0.1) is 30.9 Å². The van der Waals surface area contributed by atoms with Crippen molar-refractivity contribution in [3.8, 4) is 5.75 Å². The molecule has 0 radical (unpaired) electrons. The van der Waals surface area contributed by atoms with E-state index in [0.717, 1.165) is 0 Å². The van der Waals surface area contributed by atoms with Crippen molar-refractivity contribution in [2.75, 3.05) is 12.8 Å². The van der Waals surface area contributed by atoms with Gasteiger partial charge in [-0.25, -0.2) is 4.57 Å². The monoisotopic (exact) mass is 540 g/mol. The zero-order valence-electron chi connectivity index (χ0n) is 21.0. The van der Waals surface area contributed by atoms with Gasteiger partial charge in [-0.2, -0.15) is 0 Å². The Hall–Kier alpha value is -2.30. The van der Waals surface area contributed by atoms with E-state index in [2.05, 4.69) is 4.98 Å². The van der Waals surface area contributed by atoms with Crippen LogP contribution in [-0.4, -0.2) is 51.7 Å². The summed E-state index contributed by atoms with van der Waals surface area (Å²) in [5.41, 5.74) is 0.142. The number of rotatable bonds is 10. The number of aliphatic hydroxyl groups is 1. The Morgan fingerprint density at radius 2 is 1.94 bits per heavy atom. The molecule has 198 valence electrons. The highest BCUT2D eigenvalue weighted by Crippen LogP contribution is 2.51. The molecule has 0 bridgehead atoms. The molecule has 2 aromatic rings. The minimum atomic E-state index is -3.88. The van der Waals surface area contributed by atoms with Gasteiger partial charge in [-0.05, 0) is 45.1 Å². The van der Waals surface area contributed by atoms with Crippen molar-refractivity contribution in [3.63, 3.8) is 0 Å². The Morgan fingerprint density at radius 3 is 2.58 bits per heavy atom. The van der Waals surface area contributed by atoms with Crippen LogP contribution in [0.4, 0.5) is 0 Å². The van der Waals surface area contributed by atoms with E-state index in [-0.39, 0.29) is 29.2 Å². The normalized spacial score (nSPS) is 24.3. The Labute approximate surface area is 215 Å². The number of benzene rings is 1. The Morgan fingerprint density at radius 1 is 1.28 bits per heavy atom. The summed E-state index contributed by atoms with van der Waals surface area (Å²) < 4.78 is 38.3. The lowest BCUT2D eigenvalue weighted by Gasteiger charge is -2.24. The van der Waals surface area contributed by atoms with Gasteiger partial charge in [-0.1, -0.05) is 32.0 Å². The number of nitrogens with zero attached hydrogens (tertiary/aromatic N) is 1. The SMILES string of the molecule is Cc1cn([C@H]2O[C@@H](CO[P@](=O)(C[C@@H](C)C(=O)OC(C)C)Oc3ccccc3)C(O)[C@H]2C)c(=S)[nH]c1=O. The van der Waals surface area contributed by atoms with Gasteiger partial charge in [-0.15, -0.1) is 0 Å². The second-order valence-electron chi connectivity index (χ2n) is 9.27. The molecule has 1 aliphatic heterocycles. The summed E-state index contributed by atoms with van der Waals surface area (Å²) in [6, 6.07) is 8.50. The molecule has 2 heterocycles. The molecule has 1 aliphatic rings. The third-order valence-electron chi connectivity index (χ3n) is 5.78. The fraction of sp³-hybridized carbons (Fsp3) is 0.542. The first kappa shape index (κ1) is 28.3. The van der Waals surface area contributed by atoms with Crippen LogP contribution in [0, 0.1) is 23.5 Å². The highest BCUT2D eigenvalue weighted by molar-refractivity contribution is 7.71. The Bertz CT molecular complexity index is 1210. The van der Waals surface area contributed by atoms with Crippen molar-refractivity contribution in [1.82, 2.24) is 9.55 Å². The lowest BCUT2D eigenvalue weighted by atomic mass is 10.0. The molecule has 2 N–H and O–H groups in total. The summed E-state index contributed by atoms with van der Waals surface area (Å²) in [6.07, 6.45) is -1.48. The second-order valence-corrected chi connectivity index (χ2v) is 11.7. The first-order valence-corrected chi connectivity index (χ1v) is 13.9. The van der Waals surface area contributed by atoms with Gasteiger partial charge in [-0.3, -0.25) is 23.7 Å². The maximum Gasteiger partial charge on any atom is 0.380 e. The molecule has 0 amide bonds. The van der Waals surface area contributed by atoms with Crippen molar-refractivity contribution in [3.05, 3.63) is 57.2 Å². The third kappa shape index (κ3) is 6.92. The van der Waals surface area contributed by atoms with E-state index in [1.54, 1.807) is 75.7 Å². The van der Waals surface area contributed by atoms with Crippen molar-refractivity contribution in [1.29, 1.82) is 0 Å². The van der Waals surface area contributed by atoms with Gasteiger partial charge < -0.3 is 19.1 Å². The number of H-pyrrole nitrogens is 1. The molecular weight excluding hydrogens is 507 g/mol. The summed E-state index contributed by atoms with van der Waals surface area (Å²) in [5, 5.41) is 10.8. The molecule has 1 fully saturated rings. The van der Waals surface area contributed by atoms with Crippen LogP contribution in [0.2, 0.25) is 0 Å². The average Bonchev–Trinajstić information content (AvgIpc) is 3.08. The van der Waals surface area contributed by atoms with Crippen LogP contribution in [-0.2, 0) is 23.4 Å². The van der Waals surface area contributed by atoms with Crippen LogP contribution in [0.5, 0.6) is 5.75 Å². The van der Waals surface area contributed by atoms with E-state index in [9.17, 15) is 19.3 Å². The quantitative estimate of drug-likeness (QED) is 0.261. The summed E-state index contributed by atoms with van der Waals surface area (Å²) in [6.45, 7) is 8.22. The van der Waals surface area contributed by atoms with E-state index in [1.807, 2.05) is 0 Å². The lowest BCUT2D eigenvalue weighted by molar-refractivity contribution is -0.151. The summed E-state index contributed by atoms with van der Waals surface area (Å²) in [5.74, 6) is -1.37. The van der Waals surface area contributed by atoms with E-state index in [4.69, 9.17) is 30.7 Å². The smallest absolute Gasteiger partial charge is 0.380 e. The number of carbonyl (C=O) groups excluding carboxylic acids is 1. The van der Waals surface area contributed by atoms with Gasteiger partial charge >= 0.3 is 13.6 Å². The number of aliphatic hydroxyl groups excluding tert-OH is 1. The minimum Gasteiger partial charge on any atom is -0.463 e. The number of aromatic amines is 1. The molecule has 0 saturated carbocycles. The summed E-state index contributed by atoms with van der Waals surface area (Å²) in [4.78, 5) is 26.8. The van der Waals surface area contributed by atoms with Crippen LogP contribution in [0.15, 0.2) is 41.3 Å². The Kier molecular flexibility index (Phi) is 9.29. The molecule has 1 aromatic heterocycles. The van der Waals surface area contributed by atoms with E-state index in [0.29, 0.717) is 11.3 Å². The zero-order chi connectivity index (χ0) is 26.6. The van der Waals surface area contributed by atoms with Crippen molar-refractivity contribution in [2.24, 2.45) is 11.8 Å². The van der Waals surface area contributed by atoms with Crippen LogP contribution in [0.25, 0.3) is 0 Å². The number of ether oxygens (including phenoxy) is 2. The number of hydrogen-bond acceptors (Lipinski definition) is 9. The predicted octanol–water partition coefficient (Wildman–Crippen LogP) is 3.99. The van der Waals surface area contributed by atoms with Crippen molar-refractivity contribution < 1.29 is 33.0 Å². The number of hydrogen-bond donors (Lipinski definition) is 2. The largest absolute Gasteiger partial charge is 0.463 e. The van der Waals surface area contributed by atoms with Gasteiger partial charge in [0.1, 0.15) is 18.1 Å². The number of carbonyl (C=O) groups is 1. The van der Waals surface area contributed by atoms with Crippen LogP contribution >= 0.6 is 19.8 Å². The lowest BCUT2D eigenvalue weighted by Crippen LogP contribution is -2.30. The van der Waals surface area contributed by atoms with E-state index in [1.165, 1.54) is 0 Å². The van der Waals surface area contributed by atoms with Crippen LogP contribution in [0.1, 0.15) is 39.5 Å². The minimum absolute atomic E-state index is 0.159. The number of nitrogens with one attached hydrogen (secondary N) is 1. The molecule has 1 saturated heterocycles. The summed E-state index contributed by atoms with van der Waals surface area (Å²) in [7, 11) is -3.88. The van der Waals surface area contributed by atoms with E-state index >= 15 is 0 Å². The van der Waals surface area contributed by atoms with Crippen molar-refractivity contribution in [2.45, 2.75) is 59.2 Å². The van der Waals surface area contributed by atoms with Gasteiger partial charge in [0.25, 0.3) is 5.56 Å². The first-order chi connectivity index (χ1) is 16.9.